The average molecular weight is 399 g/mol. The second-order valence-electron chi connectivity index (χ2n) is 6.45. The number of aromatic nitrogens is 2. The van der Waals surface area contributed by atoms with E-state index in [1.807, 2.05) is 18.2 Å². The first-order valence-corrected chi connectivity index (χ1v) is 10.2. The summed E-state index contributed by atoms with van der Waals surface area (Å²) < 4.78 is 32.4. The van der Waals surface area contributed by atoms with E-state index < -0.39 is 16.9 Å². The summed E-state index contributed by atoms with van der Waals surface area (Å²) in [4.78, 5) is 12.7. The summed E-state index contributed by atoms with van der Waals surface area (Å²) in [5, 5.41) is 7.34. The van der Waals surface area contributed by atoms with Gasteiger partial charge in [0.25, 0.3) is 5.91 Å². The van der Waals surface area contributed by atoms with Crippen molar-refractivity contribution in [3.63, 3.8) is 0 Å². The van der Waals surface area contributed by atoms with E-state index in [9.17, 15) is 13.4 Å². The van der Waals surface area contributed by atoms with Gasteiger partial charge in [0.2, 0.25) is 0 Å². The lowest BCUT2D eigenvalue weighted by atomic mass is 10.2. The number of nitrogens with one attached hydrogen (secondary N) is 1. The van der Waals surface area contributed by atoms with Crippen molar-refractivity contribution in [3.05, 3.63) is 71.7 Å². The molecule has 3 aromatic rings. The van der Waals surface area contributed by atoms with Gasteiger partial charge in [-0.25, -0.2) is 9.07 Å². The number of nitrogens with zero attached hydrogens (tertiary/aromatic N) is 2. The van der Waals surface area contributed by atoms with Crippen molar-refractivity contribution in [2.24, 2.45) is 0 Å². The minimum Gasteiger partial charge on any atom is -0.481 e. The monoisotopic (exact) mass is 399 g/mol. The van der Waals surface area contributed by atoms with Gasteiger partial charge in [-0.05, 0) is 43.3 Å². The van der Waals surface area contributed by atoms with Gasteiger partial charge in [-0.3, -0.25) is 9.00 Å². The van der Waals surface area contributed by atoms with Gasteiger partial charge in [-0.1, -0.05) is 18.2 Å². The van der Waals surface area contributed by atoms with Crippen LogP contribution in [0.2, 0.25) is 0 Å². The van der Waals surface area contributed by atoms with Crippen LogP contribution in [0.1, 0.15) is 18.2 Å². The number of fused-ring (bicyclic) bond motifs is 1. The Morgan fingerprint density at radius 2 is 1.89 bits per heavy atom. The molecule has 8 heteroatoms. The molecule has 0 bridgehead atoms. The number of amides is 1. The molecular weight excluding hydrogens is 381 g/mol. The van der Waals surface area contributed by atoms with Crippen LogP contribution in [0.3, 0.4) is 0 Å². The van der Waals surface area contributed by atoms with Crippen molar-refractivity contribution in [1.29, 1.82) is 0 Å². The molecule has 0 unspecified atom stereocenters. The van der Waals surface area contributed by atoms with Crippen LogP contribution in [0.25, 0.3) is 5.69 Å². The molecule has 0 radical (unpaired) electrons. The van der Waals surface area contributed by atoms with Crippen LogP contribution in [-0.4, -0.2) is 26.0 Å². The second kappa shape index (κ2) is 7.55. The van der Waals surface area contributed by atoms with E-state index in [1.165, 1.54) is 12.1 Å². The van der Waals surface area contributed by atoms with Crippen molar-refractivity contribution >= 4 is 22.5 Å². The molecule has 1 aliphatic heterocycles. The Morgan fingerprint density at radius 1 is 1.18 bits per heavy atom. The normalized spacial score (nSPS) is 16.4. The maximum absolute atomic E-state index is 13.3. The average Bonchev–Trinajstić information content (AvgIpc) is 3.20. The molecule has 2 aromatic carbocycles. The second-order valence-corrected chi connectivity index (χ2v) is 7.91. The van der Waals surface area contributed by atoms with E-state index in [0.29, 0.717) is 34.5 Å². The quantitative estimate of drug-likeness (QED) is 0.715. The molecule has 2 atom stereocenters. The summed E-state index contributed by atoms with van der Waals surface area (Å²) in [6.45, 7) is 1.65. The summed E-state index contributed by atoms with van der Waals surface area (Å²) in [7, 11) is -1.04. The lowest BCUT2D eigenvalue weighted by Crippen LogP contribution is -2.31. The first-order chi connectivity index (χ1) is 13.5. The molecule has 0 spiro atoms. The third-order valence-corrected chi connectivity index (χ3v) is 5.61. The zero-order valence-electron chi connectivity index (χ0n) is 15.1. The SMILES string of the molecule is C[C@@H](Oc1ccccc1)C(=O)Nc1c2c(nn1-c1ccc(F)cc1)C[S@](=O)C2. The molecule has 0 saturated carbocycles. The maximum atomic E-state index is 13.3. The van der Waals surface area contributed by atoms with E-state index in [1.54, 1.807) is 35.9 Å². The Morgan fingerprint density at radius 3 is 2.61 bits per heavy atom. The van der Waals surface area contributed by atoms with Crippen LogP contribution in [0.5, 0.6) is 5.75 Å². The number of carbonyl (C=O) groups is 1. The number of halogens is 1. The molecule has 0 aliphatic carbocycles. The summed E-state index contributed by atoms with van der Waals surface area (Å²) in [6, 6.07) is 14.9. The van der Waals surface area contributed by atoms with Gasteiger partial charge in [0.05, 0.1) is 22.9 Å². The van der Waals surface area contributed by atoms with Crippen LogP contribution >= 0.6 is 0 Å². The molecule has 4 rings (SSSR count). The topological polar surface area (TPSA) is 73.2 Å². The van der Waals surface area contributed by atoms with Crippen molar-refractivity contribution in [2.45, 2.75) is 24.5 Å². The van der Waals surface area contributed by atoms with Crippen LogP contribution in [0, 0.1) is 5.82 Å². The molecule has 0 saturated heterocycles. The lowest BCUT2D eigenvalue weighted by Gasteiger charge is -2.16. The van der Waals surface area contributed by atoms with E-state index >= 15 is 0 Å². The van der Waals surface area contributed by atoms with Crippen LogP contribution in [0.4, 0.5) is 10.2 Å². The van der Waals surface area contributed by atoms with Gasteiger partial charge in [-0.15, -0.1) is 0 Å². The highest BCUT2D eigenvalue weighted by Crippen LogP contribution is 2.31. The molecule has 1 aliphatic rings. The summed E-state index contributed by atoms with van der Waals surface area (Å²) in [5.41, 5.74) is 2.02. The third kappa shape index (κ3) is 3.68. The van der Waals surface area contributed by atoms with Crippen LogP contribution in [-0.2, 0) is 27.1 Å². The fourth-order valence-electron chi connectivity index (χ4n) is 3.00. The first-order valence-electron chi connectivity index (χ1n) is 8.75. The third-order valence-electron chi connectivity index (χ3n) is 4.41. The number of benzene rings is 2. The number of para-hydroxylation sites is 1. The number of carbonyl (C=O) groups excluding carboxylic acids is 1. The van der Waals surface area contributed by atoms with Crippen molar-refractivity contribution < 1.29 is 18.1 Å². The molecular formula is C20H18FN3O3S. The lowest BCUT2D eigenvalue weighted by molar-refractivity contribution is -0.122. The molecule has 144 valence electrons. The molecule has 1 aromatic heterocycles. The summed E-state index contributed by atoms with van der Waals surface area (Å²) in [5.74, 6) is 0.972. The molecule has 1 amide bonds. The largest absolute Gasteiger partial charge is 0.481 e. The Kier molecular flexibility index (Phi) is 4.95. The minimum atomic E-state index is -1.04. The highest BCUT2D eigenvalue weighted by Gasteiger charge is 2.29. The van der Waals surface area contributed by atoms with E-state index in [0.717, 1.165) is 5.56 Å². The number of hydrogen-bond donors (Lipinski definition) is 1. The van der Waals surface area contributed by atoms with Crippen LogP contribution < -0.4 is 10.1 Å². The number of anilines is 1. The Bertz CT molecular complexity index is 1030. The molecule has 0 fully saturated rings. The van der Waals surface area contributed by atoms with Gasteiger partial charge < -0.3 is 10.1 Å². The summed E-state index contributed by atoms with van der Waals surface area (Å²) in [6.07, 6.45) is -0.749. The molecule has 28 heavy (non-hydrogen) atoms. The van der Waals surface area contributed by atoms with Crippen LogP contribution in [0.15, 0.2) is 54.6 Å². The zero-order valence-corrected chi connectivity index (χ0v) is 15.9. The zero-order chi connectivity index (χ0) is 19.7. The first kappa shape index (κ1) is 18.4. The van der Waals surface area contributed by atoms with Gasteiger partial charge in [0, 0.05) is 16.4 Å². The Balaban J connectivity index is 1.62. The van der Waals surface area contributed by atoms with Crippen molar-refractivity contribution in [3.8, 4) is 11.4 Å². The van der Waals surface area contributed by atoms with Crippen molar-refractivity contribution in [1.82, 2.24) is 9.78 Å². The van der Waals surface area contributed by atoms with E-state index in [-0.39, 0.29) is 11.7 Å². The summed E-state index contributed by atoms with van der Waals surface area (Å²) >= 11 is 0. The number of rotatable bonds is 5. The number of ether oxygens (including phenoxy) is 1. The van der Waals surface area contributed by atoms with E-state index in [4.69, 9.17) is 4.74 Å². The van der Waals surface area contributed by atoms with Gasteiger partial charge in [-0.2, -0.15) is 5.10 Å². The minimum absolute atomic E-state index is 0.320. The fraction of sp³-hybridized carbons (Fsp3) is 0.200. The van der Waals surface area contributed by atoms with Gasteiger partial charge >= 0.3 is 0 Å². The smallest absolute Gasteiger partial charge is 0.266 e. The molecule has 6 nitrogen and oxygen atoms in total. The van der Waals surface area contributed by atoms with Crippen molar-refractivity contribution in [2.75, 3.05) is 5.32 Å². The highest BCUT2D eigenvalue weighted by molar-refractivity contribution is 7.83. The van der Waals surface area contributed by atoms with Gasteiger partial charge in [0.1, 0.15) is 17.4 Å². The predicted octanol–water partition coefficient (Wildman–Crippen LogP) is 3.18. The van der Waals surface area contributed by atoms with Gasteiger partial charge in [0.15, 0.2) is 6.10 Å². The maximum Gasteiger partial charge on any atom is 0.266 e. The Hall–Kier alpha value is -3.00. The molecule has 1 N–H and O–H groups in total. The number of hydrogen-bond acceptors (Lipinski definition) is 4. The highest BCUT2D eigenvalue weighted by atomic mass is 32.2. The molecule has 2 heterocycles. The Labute approximate surface area is 163 Å². The predicted molar refractivity (Wildman–Crippen MR) is 104 cm³/mol. The standard InChI is InChI=1S/C20H18FN3O3S/c1-13(27-16-5-3-2-4-6-16)20(25)22-19-17-11-28(26)12-18(17)23-24(19)15-9-7-14(21)8-10-15/h2-10,13H,11-12H2,1H3,(H,22,25)/t13-,28-/m1/s1. The fourth-order valence-corrected chi connectivity index (χ4v) is 4.26. The van der Waals surface area contributed by atoms with E-state index in [2.05, 4.69) is 10.4 Å².